The molecule has 52 heavy (non-hydrogen) atoms. The van der Waals surface area contributed by atoms with E-state index in [1.54, 1.807) is 31.2 Å². The van der Waals surface area contributed by atoms with Gasteiger partial charge in [0, 0.05) is 39.8 Å². The van der Waals surface area contributed by atoms with Crippen molar-refractivity contribution in [3.63, 3.8) is 0 Å². The van der Waals surface area contributed by atoms with Crippen LogP contribution in [-0.2, 0) is 30.3 Å². The van der Waals surface area contributed by atoms with E-state index in [9.17, 15) is 29.7 Å². The molecule has 12 nitrogen and oxygen atoms in total. The van der Waals surface area contributed by atoms with E-state index in [0.29, 0.717) is 24.3 Å². The van der Waals surface area contributed by atoms with E-state index in [1.807, 2.05) is 19.9 Å². The maximum Gasteiger partial charge on any atom is 0.328 e. The van der Waals surface area contributed by atoms with Crippen LogP contribution in [0, 0.1) is 11.8 Å². The zero-order valence-corrected chi connectivity index (χ0v) is 34.3. The van der Waals surface area contributed by atoms with E-state index in [0.717, 1.165) is 16.9 Å². The third-order valence-corrected chi connectivity index (χ3v) is 11.2. The topological polar surface area (TPSA) is 172 Å². The molecule has 0 fully saturated rings. The van der Waals surface area contributed by atoms with Gasteiger partial charge in [0.25, 0.3) is 0 Å². The van der Waals surface area contributed by atoms with Crippen molar-refractivity contribution in [3.05, 3.63) is 46.5 Å². The van der Waals surface area contributed by atoms with Crippen molar-refractivity contribution in [1.29, 1.82) is 0 Å². The third kappa shape index (κ3) is 12.9. The molecule has 2 rings (SSSR count). The van der Waals surface area contributed by atoms with Crippen molar-refractivity contribution >= 4 is 57.5 Å². The average molecular weight is 788 g/mol. The van der Waals surface area contributed by atoms with Crippen LogP contribution in [0.15, 0.2) is 35.9 Å². The number of halogens is 1. The van der Waals surface area contributed by atoms with Crippen molar-refractivity contribution < 1.29 is 43.9 Å². The van der Waals surface area contributed by atoms with Crippen LogP contribution in [0.4, 0.5) is 5.69 Å². The summed E-state index contributed by atoms with van der Waals surface area (Å²) >= 11 is 10.9. The van der Waals surface area contributed by atoms with Gasteiger partial charge in [0.2, 0.25) is 11.8 Å². The average Bonchev–Trinajstić information content (AvgIpc) is 3.07. The molecule has 1 aliphatic heterocycles. The Bertz CT molecular complexity index is 1440. The van der Waals surface area contributed by atoms with Crippen molar-refractivity contribution in [3.8, 4) is 5.75 Å². The summed E-state index contributed by atoms with van der Waals surface area (Å²) in [4.78, 5) is 43.2. The summed E-state index contributed by atoms with van der Waals surface area (Å²) in [5.74, 6) is -0.959. The molecular formula is C37H58ClN3O9S2. The highest BCUT2D eigenvalue weighted by atomic mass is 35.5. The van der Waals surface area contributed by atoms with Crippen LogP contribution < -0.4 is 15.4 Å². The normalized spacial score (nSPS) is 29.4. The number of anilines is 1. The van der Waals surface area contributed by atoms with Gasteiger partial charge in [0.05, 0.1) is 30.9 Å². The van der Waals surface area contributed by atoms with Crippen molar-refractivity contribution in [2.45, 2.75) is 109 Å². The number of hydrogen-bond donors (Lipinski definition) is 5. The largest absolute Gasteiger partial charge is 0.495 e. The number of nitrogens with two attached hydrogens (primary N) is 1. The second kappa shape index (κ2) is 20.4. The summed E-state index contributed by atoms with van der Waals surface area (Å²) in [5.41, 5.74) is 4.43. The lowest BCUT2D eigenvalue weighted by molar-refractivity contribution is -0.175. The number of thiol groups is 1. The molecule has 0 saturated carbocycles. The van der Waals surface area contributed by atoms with E-state index in [2.05, 4.69) is 11.7 Å². The molecule has 1 heterocycles. The van der Waals surface area contributed by atoms with E-state index in [-0.39, 0.29) is 36.1 Å². The Morgan fingerprint density at radius 2 is 1.88 bits per heavy atom. The minimum Gasteiger partial charge on any atom is -0.495 e. The molecule has 0 aliphatic carbocycles. The fraction of sp³-hybridized carbons (Fsp3) is 0.649. The van der Waals surface area contributed by atoms with Crippen LogP contribution in [0.3, 0.4) is 0 Å². The number of aliphatic hydroxyl groups excluding tert-OH is 1. The molecule has 5 N–H and O–H groups in total. The molecule has 1 aromatic rings. The number of fused-ring (bicyclic) bond motifs is 2. The van der Waals surface area contributed by atoms with Crippen LogP contribution in [0.2, 0.25) is 5.02 Å². The first-order valence-electron chi connectivity index (χ1n) is 17.3. The van der Waals surface area contributed by atoms with E-state index in [4.69, 9.17) is 31.5 Å². The fourth-order valence-electron chi connectivity index (χ4n) is 6.04. The Morgan fingerprint density at radius 3 is 2.48 bits per heavy atom. The molecule has 8 atom stereocenters. The Balaban J connectivity index is 2.58. The summed E-state index contributed by atoms with van der Waals surface area (Å²) in [6, 6.07) is 2.48. The summed E-state index contributed by atoms with van der Waals surface area (Å²) in [7, 11) is 7.28. The number of likely N-dealkylation sites (N-methyl/N-ethyl adjacent to an activating group) is 1. The lowest BCUT2D eigenvalue weighted by Gasteiger charge is -2.38. The van der Waals surface area contributed by atoms with Gasteiger partial charge in [-0.25, -0.2) is 4.79 Å². The van der Waals surface area contributed by atoms with Crippen LogP contribution in [-0.4, -0.2) is 108 Å². The molecule has 1 aromatic carbocycles. The molecule has 2 bridgehead atoms. The number of benzene rings is 1. The predicted octanol–water partition coefficient (Wildman–Crippen LogP) is 4.70. The Morgan fingerprint density at radius 1 is 1.23 bits per heavy atom. The number of aliphatic hydroxyl groups is 3. The standard InChI is InChI=1S/C37H58ClN3O9S2/c1-22-11-10-12-30(49-9)37(39,47)20-28(42)24(3)19-36(5,46)31(50-35(45)25(4)40(6)32(43)14-13-23(2)21-52-51)18-33(44)41(7)27-16-26(15-22)17-29(48-8)34(27)38/h10-12,16-17,23-25,28,30-31,42,46-47,51H,13-15,18-21,39H2,1-9H3/b12-10+,22-11+/t23-,24?,25+,28?,30?,31?,36?,37?/m1/s1. The van der Waals surface area contributed by atoms with Gasteiger partial charge >= 0.3 is 5.97 Å². The van der Waals surface area contributed by atoms with Crippen molar-refractivity contribution in [2.75, 3.05) is 39.0 Å². The highest BCUT2D eigenvalue weighted by Gasteiger charge is 2.43. The lowest BCUT2D eigenvalue weighted by Crippen LogP contribution is -2.54. The summed E-state index contributed by atoms with van der Waals surface area (Å²) < 4.78 is 16.9. The highest BCUT2D eigenvalue weighted by Crippen LogP contribution is 2.38. The van der Waals surface area contributed by atoms with Crippen LogP contribution in [0.5, 0.6) is 5.75 Å². The number of nitrogens with zero attached hydrogens (tertiary/aromatic N) is 2. The maximum atomic E-state index is 14.0. The van der Waals surface area contributed by atoms with Gasteiger partial charge in [-0.3, -0.25) is 9.59 Å². The molecule has 0 saturated heterocycles. The number of esters is 1. The van der Waals surface area contributed by atoms with Gasteiger partial charge < -0.3 is 45.1 Å². The number of ether oxygens (including phenoxy) is 3. The first-order valence-corrected chi connectivity index (χ1v) is 19.7. The molecule has 0 spiro atoms. The van der Waals surface area contributed by atoms with Gasteiger partial charge in [-0.15, -0.1) is 11.7 Å². The second-order valence-electron chi connectivity index (χ2n) is 14.4. The first kappa shape index (κ1) is 45.9. The van der Waals surface area contributed by atoms with Gasteiger partial charge in [0.15, 0.2) is 0 Å². The molecule has 6 unspecified atom stereocenters. The zero-order chi connectivity index (χ0) is 39.6. The van der Waals surface area contributed by atoms with Crippen molar-refractivity contribution in [2.24, 2.45) is 17.6 Å². The Labute approximate surface area is 322 Å². The third-order valence-electron chi connectivity index (χ3n) is 9.70. The number of methoxy groups -OCH3 is 2. The number of amides is 2. The maximum absolute atomic E-state index is 14.0. The number of carbonyl (C=O) groups is 3. The van der Waals surface area contributed by atoms with Gasteiger partial charge in [-0.2, -0.15) is 0 Å². The van der Waals surface area contributed by atoms with E-state index < -0.39 is 59.9 Å². The van der Waals surface area contributed by atoms with Gasteiger partial charge in [0.1, 0.15) is 34.7 Å². The Kier molecular flexibility index (Phi) is 18.0. The number of allylic oxidation sites excluding steroid dienone is 3. The SMILES string of the molecule is COc1cc2cc(c1Cl)N(C)C(=O)CC(OC(=O)[C@H](C)N(C)C(=O)CC[C@@H](C)CSS)C(C)(O)CC(C)C(O)CC(N)(O)C(OC)/C=C/C=C(\C)C2. The zero-order valence-electron chi connectivity index (χ0n) is 31.8. The summed E-state index contributed by atoms with van der Waals surface area (Å²) in [6.45, 7) is 8.49. The van der Waals surface area contributed by atoms with E-state index >= 15 is 0 Å². The van der Waals surface area contributed by atoms with Crippen LogP contribution in [0.25, 0.3) is 0 Å². The van der Waals surface area contributed by atoms with Gasteiger partial charge in [-0.1, -0.05) is 60.0 Å². The number of rotatable bonds is 10. The monoisotopic (exact) mass is 787 g/mol. The van der Waals surface area contributed by atoms with E-state index in [1.165, 1.54) is 62.8 Å². The molecule has 294 valence electrons. The summed E-state index contributed by atoms with van der Waals surface area (Å²) in [5, 5.41) is 34.5. The minimum absolute atomic E-state index is 0.164. The molecule has 2 amide bonds. The predicted molar refractivity (Wildman–Crippen MR) is 210 cm³/mol. The number of carbonyl (C=O) groups excluding carboxylic acids is 3. The molecular weight excluding hydrogens is 730 g/mol. The second-order valence-corrected chi connectivity index (χ2v) is 16.1. The molecule has 1 aliphatic rings. The highest BCUT2D eigenvalue weighted by molar-refractivity contribution is 8.68. The van der Waals surface area contributed by atoms with Crippen molar-refractivity contribution in [1.82, 2.24) is 4.90 Å². The van der Waals surface area contributed by atoms with Crippen LogP contribution in [0.1, 0.15) is 72.3 Å². The molecule has 15 heteroatoms. The Hall–Kier alpha value is -2.30. The lowest BCUT2D eigenvalue weighted by atomic mass is 9.82. The fourth-order valence-corrected chi connectivity index (χ4v) is 7.54. The molecule has 0 radical (unpaired) electrons. The summed E-state index contributed by atoms with van der Waals surface area (Å²) in [6.07, 6.45) is 1.79. The van der Waals surface area contributed by atoms with Gasteiger partial charge in [-0.05, 0) is 69.6 Å². The quantitative estimate of drug-likeness (QED) is 0.0964. The first-order chi connectivity index (χ1) is 24.2. The minimum atomic E-state index is -1.99. The smallest absolute Gasteiger partial charge is 0.328 e. The number of hydrogen-bond acceptors (Lipinski definition) is 12. The molecule has 0 aromatic heterocycles. The van der Waals surface area contributed by atoms with Crippen LogP contribution >= 0.6 is 34.1 Å².